The van der Waals surface area contributed by atoms with E-state index in [4.69, 9.17) is 15.2 Å². The number of nitrogens with one attached hydrogen (secondary N) is 1. The van der Waals surface area contributed by atoms with Gasteiger partial charge in [-0.05, 0) is 24.3 Å². The number of rotatable bonds is 6. The summed E-state index contributed by atoms with van der Waals surface area (Å²) in [5.41, 5.74) is 6.83. The first-order chi connectivity index (χ1) is 13.0. The quantitative estimate of drug-likeness (QED) is 0.808. The number of anilines is 2. The van der Waals surface area contributed by atoms with Crippen LogP contribution in [0.5, 0.6) is 11.5 Å². The molecule has 1 aliphatic rings. The van der Waals surface area contributed by atoms with Crippen LogP contribution in [0.3, 0.4) is 0 Å². The highest BCUT2D eigenvalue weighted by molar-refractivity contribution is 6.44. The molecule has 8 nitrogen and oxygen atoms in total. The van der Waals surface area contributed by atoms with Crippen molar-refractivity contribution in [3.8, 4) is 11.5 Å². The average Bonchev–Trinajstić information content (AvgIpc) is 3.14. The van der Waals surface area contributed by atoms with E-state index in [2.05, 4.69) is 10.4 Å². The Morgan fingerprint density at radius 3 is 2.52 bits per heavy atom. The second kappa shape index (κ2) is 7.77. The minimum absolute atomic E-state index is 0.113. The minimum Gasteiger partial charge on any atom is -0.497 e. The molecule has 0 fully saturated rings. The lowest BCUT2D eigenvalue weighted by atomic mass is 10.1. The Hall–Kier alpha value is -3.55. The highest BCUT2D eigenvalue weighted by atomic mass is 16.5. The summed E-state index contributed by atoms with van der Waals surface area (Å²) in [6.07, 6.45) is 0.113. The summed E-state index contributed by atoms with van der Waals surface area (Å²) in [6.45, 7) is 0. The van der Waals surface area contributed by atoms with Crippen LogP contribution in [0.15, 0.2) is 53.6 Å². The largest absolute Gasteiger partial charge is 0.497 e. The second-order valence-electron chi connectivity index (χ2n) is 5.87. The second-order valence-corrected chi connectivity index (χ2v) is 5.87. The first-order valence-corrected chi connectivity index (χ1v) is 8.28. The third kappa shape index (κ3) is 3.84. The van der Waals surface area contributed by atoms with Crippen molar-refractivity contribution in [3.05, 3.63) is 48.5 Å². The van der Waals surface area contributed by atoms with Gasteiger partial charge in [-0.15, -0.1) is 0 Å². The lowest BCUT2D eigenvalue weighted by Crippen LogP contribution is -2.39. The van der Waals surface area contributed by atoms with Gasteiger partial charge in [-0.2, -0.15) is 5.10 Å². The summed E-state index contributed by atoms with van der Waals surface area (Å²) in [4.78, 5) is 24.5. The Balaban J connectivity index is 1.86. The highest BCUT2D eigenvalue weighted by Gasteiger charge is 2.35. The average molecular weight is 368 g/mol. The van der Waals surface area contributed by atoms with Crippen molar-refractivity contribution in [1.29, 1.82) is 0 Å². The SMILES string of the molecule is COc1ccc(OC)c(NC(=O)C2=NN(c3ccccc3)C(C(N)=O)C2)c1. The number of hydrogen-bond donors (Lipinski definition) is 2. The molecule has 1 unspecified atom stereocenters. The van der Waals surface area contributed by atoms with Crippen LogP contribution in [0.1, 0.15) is 6.42 Å². The maximum absolute atomic E-state index is 12.7. The number of nitrogens with two attached hydrogens (primary N) is 1. The van der Waals surface area contributed by atoms with Crippen LogP contribution in [-0.4, -0.2) is 37.8 Å². The fourth-order valence-electron chi connectivity index (χ4n) is 2.79. The predicted molar refractivity (Wildman–Crippen MR) is 102 cm³/mol. The van der Waals surface area contributed by atoms with Crippen molar-refractivity contribution < 1.29 is 19.1 Å². The van der Waals surface area contributed by atoms with E-state index in [1.165, 1.54) is 19.2 Å². The molecule has 2 amide bonds. The summed E-state index contributed by atoms with van der Waals surface area (Å²) >= 11 is 0. The van der Waals surface area contributed by atoms with E-state index in [1.54, 1.807) is 30.3 Å². The maximum atomic E-state index is 12.7. The van der Waals surface area contributed by atoms with Gasteiger partial charge in [0.1, 0.15) is 23.3 Å². The summed E-state index contributed by atoms with van der Waals surface area (Å²) in [6, 6.07) is 13.4. The van der Waals surface area contributed by atoms with Gasteiger partial charge in [0, 0.05) is 12.5 Å². The molecule has 140 valence electrons. The van der Waals surface area contributed by atoms with Crippen molar-refractivity contribution in [1.82, 2.24) is 0 Å². The number of ether oxygens (including phenoxy) is 2. The van der Waals surface area contributed by atoms with Gasteiger partial charge in [-0.3, -0.25) is 14.6 Å². The summed E-state index contributed by atoms with van der Waals surface area (Å²) in [5, 5.41) is 8.55. The van der Waals surface area contributed by atoms with Crippen molar-refractivity contribution in [2.45, 2.75) is 12.5 Å². The van der Waals surface area contributed by atoms with Gasteiger partial charge < -0.3 is 20.5 Å². The zero-order valence-electron chi connectivity index (χ0n) is 15.0. The van der Waals surface area contributed by atoms with Gasteiger partial charge in [0.15, 0.2) is 0 Å². The molecule has 3 N–H and O–H groups in total. The van der Waals surface area contributed by atoms with Crippen molar-refractivity contribution in [2.75, 3.05) is 24.5 Å². The lowest BCUT2D eigenvalue weighted by molar-refractivity contribution is -0.119. The molecule has 0 aliphatic carbocycles. The zero-order valence-corrected chi connectivity index (χ0v) is 15.0. The van der Waals surface area contributed by atoms with E-state index in [-0.39, 0.29) is 12.1 Å². The van der Waals surface area contributed by atoms with Gasteiger partial charge in [-0.1, -0.05) is 18.2 Å². The topological polar surface area (TPSA) is 106 Å². The molecule has 0 radical (unpaired) electrons. The fraction of sp³-hybridized carbons (Fsp3) is 0.211. The normalized spacial score (nSPS) is 15.9. The molecule has 1 atom stereocenters. The Morgan fingerprint density at radius 2 is 1.89 bits per heavy atom. The summed E-state index contributed by atoms with van der Waals surface area (Å²) < 4.78 is 10.4. The van der Waals surface area contributed by atoms with Crippen LogP contribution >= 0.6 is 0 Å². The van der Waals surface area contributed by atoms with Gasteiger partial charge >= 0.3 is 0 Å². The fourth-order valence-corrected chi connectivity index (χ4v) is 2.79. The van der Waals surface area contributed by atoms with Crippen molar-refractivity contribution in [3.63, 3.8) is 0 Å². The first kappa shape index (κ1) is 18.2. The maximum Gasteiger partial charge on any atom is 0.272 e. The van der Waals surface area contributed by atoms with Gasteiger partial charge in [0.2, 0.25) is 5.91 Å². The molecule has 8 heteroatoms. The Labute approximate surface area is 156 Å². The van der Waals surface area contributed by atoms with E-state index >= 15 is 0 Å². The standard InChI is InChI=1S/C19H20N4O4/c1-26-13-8-9-17(27-2)14(10-13)21-19(25)15-11-16(18(20)24)23(22-15)12-6-4-3-5-7-12/h3-10,16H,11H2,1-2H3,(H2,20,24)(H,21,25). The molecule has 3 rings (SSSR count). The first-order valence-electron chi connectivity index (χ1n) is 8.28. The third-order valence-corrected chi connectivity index (χ3v) is 4.18. The number of hydrazone groups is 1. The molecule has 2 aromatic carbocycles. The van der Waals surface area contributed by atoms with Crippen LogP contribution in [-0.2, 0) is 9.59 Å². The molecule has 1 heterocycles. The Bertz CT molecular complexity index is 883. The highest BCUT2D eigenvalue weighted by Crippen LogP contribution is 2.30. The van der Waals surface area contributed by atoms with E-state index in [1.807, 2.05) is 18.2 Å². The molecule has 0 saturated carbocycles. The summed E-state index contributed by atoms with van der Waals surface area (Å²) in [7, 11) is 3.04. The molecule has 0 aromatic heterocycles. The molecule has 0 saturated heterocycles. The van der Waals surface area contributed by atoms with Crippen LogP contribution in [0.2, 0.25) is 0 Å². The van der Waals surface area contributed by atoms with E-state index in [9.17, 15) is 9.59 Å². The minimum atomic E-state index is -0.722. The van der Waals surface area contributed by atoms with Crippen LogP contribution < -0.4 is 25.5 Å². The van der Waals surface area contributed by atoms with E-state index in [0.717, 1.165) is 0 Å². The summed E-state index contributed by atoms with van der Waals surface area (Å²) in [5.74, 6) is 0.0603. The van der Waals surface area contributed by atoms with Crippen LogP contribution in [0.25, 0.3) is 0 Å². The Kier molecular flexibility index (Phi) is 5.25. The zero-order chi connectivity index (χ0) is 19.4. The number of methoxy groups -OCH3 is 2. The number of primary amides is 1. The molecule has 27 heavy (non-hydrogen) atoms. The molecule has 0 bridgehead atoms. The lowest BCUT2D eigenvalue weighted by Gasteiger charge is -2.20. The number of amides is 2. The molecule has 1 aliphatic heterocycles. The molecular weight excluding hydrogens is 348 g/mol. The number of hydrogen-bond acceptors (Lipinski definition) is 6. The smallest absolute Gasteiger partial charge is 0.272 e. The predicted octanol–water partition coefficient (Wildman–Crippen LogP) is 1.76. The van der Waals surface area contributed by atoms with Crippen molar-refractivity contribution in [2.24, 2.45) is 10.8 Å². The number of para-hydroxylation sites is 1. The number of nitrogens with zero attached hydrogens (tertiary/aromatic N) is 2. The molecular formula is C19H20N4O4. The van der Waals surface area contributed by atoms with Gasteiger partial charge in [0.25, 0.3) is 5.91 Å². The number of carbonyl (C=O) groups is 2. The van der Waals surface area contributed by atoms with E-state index < -0.39 is 17.9 Å². The monoisotopic (exact) mass is 368 g/mol. The van der Waals surface area contributed by atoms with Gasteiger partial charge in [0.05, 0.1) is 25.6 Å². The van der Waals surface area contributed by atoms with Crippen LogP contribution in [0, 0.1) is 0 Å². The molecule has 2 aromatic rings. The number of carbonyl (C=O) groups excluding carboxylic acids is 2. The Morgan fingerprint density at radius 1 is 1.15 bits per heavy atom. The van der Waals surface area contributed by atoms with Crippen molar-refractivity contribution >= 4 is 28.9 Å². The number of benzene rings is 2. The van der Waals surface area contributed by atoms with Crippen LogP contribution in [0.4, 0.5) is 11.4 Å². The van der Waals surface area contributed by atoms with E-state index in [0.29, 0.717) is 22.9 Å². The van der Waals surface area contributed by atoms with Gasteiger partial charge in [-0.25, -0.2) is 0 Å². The molecule has 0 spiro atoms. The third-order valence-electron chi connectivity index (χ3n) is 4.18.